The van der Waals surface area contributed by atoms with Crippen LogP contribution in [0.4, 0.5) is 0 Å². The highest BCUT2D eigenvalue weighted by molar-refractivity contribution is 5.85. The van der Waals surface area contributed by atoms with E-state index in [2.05, 4.69) is 10.5 Å². The molecule has 0 spiro atoms. The lowest BCUT2D eigenvalue weighted by Crippen LogP contribution is -2.39. The van der Waals surface area contributed by atoms with Gasteiger partial charge in [0, 0.05) is 18.5 Å². The Bertz CT molecular complexity index is 309. The average Bonchev–Trinajstić information content (AvgIpc) is 2.87. The second-order valence-electron chi connectivity index (χ2n) is 5.38. The van der Waals surface area contributed by atoms with Crippen molar-refractivity contribution in [3.05, 3.63) is 0 Å². The zero-order valence-corrected chi connectivity index (χ0v) is 11.3. The van der Waals surface area contributed by atoms with Crippen molar-refractivity contribution in [2.45, 2.75) is 33.1 Å². The van der Waals surface area contributed by atoms with E-state index in [1.807, 2.05) is 18.7 Å². The Morgan fingerprint density at radius 1 is 1.44 bits per heavy atom. The van der Waals surface area contributed by atoms with Gasteiger partial charge >= 0.3 is 0 Å². The van der Waals surface area contributed by atoms with Gasteiger partial charge in [0.2, 0.25) is 5.91 Å². The monoisotopic (exact) mass is 256 g/mol. The first-order chi connectivity index (χ1) is 8.47. The molecule has 0 atom stereocenters. The minimum absolute atomic E-state index is 0.161. The molecule has 1 rings (SSSR count). The van der Waals surface area contributed by atoms with E-state index in [9.17, 15) is 4.79 Å². The lowest BCUT2D eigenvalue weighted by Gasteiger charge is -2.23. The SMILES string of the molecule is CC(C)(CCNCC(=O)N1CCCC1)C(N)=NO. The van der Waals surface area contributed by atoms with Crippen molar-refractivity contribution in [1.29, 1.82) is 0 Å². The van der Waals surface area contributed by atoms with Crippen LogP contribution in [0.5, 0.6) is 0 Å². The van der Waals surface area contributed by atoms with E-state index in [4.69, 9.17) is 10.9 Å². The summed E-state index contributed by atoms with van der Waals surface area (Å²) in [7, 11) is 0. The summed E-state index contributed by atoms with van der Waals surface area (Å²) in [6.07, 6.45) is 2.95. The molecule has 0 unspecified atom stereocenters. The maximum atomic E-state index is 11.7. The number of rotatable bonds is 6. The van der Waals surface area contributed by atoms with Gasteiger partial charge in [-0.15, -0.1) is 0 Å². The van der Waals surface area contributed by atoms with E-state index >= 15 is 0 Å². The van der Waals surface area contributed by atoms with Gasteiger partial charge in [-0.05, 0) is 25.8 Å². The van der Waals surface area contributed by atoms with Crippen molar-refractivity contribution >= 4 is 11.7 Å². The van der Waals surface area contributed by atoms with Crippen LogP contribution in [0.2, 0.25) is 0 Å². The third kappa shape index (κ3) is 4.18. The zero-order valence-electron chi connectivity index (χ0n) is 11.3. The fourth-order valence-electron chi connectivity index (χ4n) is 1.94. The molecule has 0 bridgehead atoms. The first-order valence-electron chi connectivity index (χ1n) is 6.44. The Hall–Kier alpha value is -1.30. The summed E-state index contributed by atoms with van der Waals surface area (Å²) in [4.78, 5) is 13.6. The minimum Gasteiger partial charge on any atom is -0.409 e. The van der Waals surface area contributed by atoms with Crippen LogP contribution in [-0.2, 0) is 4.79 Å². The van der Waals surface area contributed by atoms with Crippen molar-refractivity contribution in [3.63, 3.8) is 0 Å². The number of likely N-dealkylation sites (tertiary alicyclic amines) is 1. The van der Waals surface area contributed by atoms with Crippen molar-refractivity contribution in [2.75, 3.05) is 26.2 Å². The van der Waals surface area contributed by atoms with Gasteiger partial charge in [-0.2, -0.15) is 0 Å². The molecular weight excluding hydrogens is 232 g/mol. The molecule has 1 saturated heterocycles. The second kappa shape index (κ2) is 6.58. The van der Waals surface area contributed by atoms with Crippen molar-refractivity contribution < 1.29 is 10.0 Å². The Kier molecular flexibility index (Phi) is 5.40. The Balaban J connectivity index is 2.20. The Labute approximate surface area is 108 Å². The highest BCUT2D eigenvalue weighted by atomic mass is 16.4. The van der Waals surface area contributed by atoms with Crippen LogP contribution in [-0.4, -0.2) is 48.0 Å². The molecule has 1 fully saturated rings. The summed E-state index contributed by atoms with van der Waals surface area (Å²) in [6, 6.07) is 0. The molecule has 6 heteroatoms. The predicted molar refractivity (Wildman–Crippen MR) is 70.5 cm³/mol. The van der Waals surface area contributed by atoms with Crippen molar-refractivity contribution in [2.24, 2.45) is 16.3 Å². The van der Waals surface area contributed by atoms with Crippen molar-refractivity contribution in [3.8, 4) is 0 Å². The topological polar surface area (TPSA) is 91.0 Å². The van der Waals surface area contributed by atoms with Crippen LogP contribution < -0.4 is 11.1 Å². The molecule has 0 aromatic rings. The van der Waals surface area contributed by atoms with Crippen LogP contribution in [0.15, 0.2) is 5.16 Å². The highest BCUT2D eigenvalue weighted by Gasteiger charge is 2.23. The lowest BCUT2D eigenvalue weighted by molar-refractivity contribution is -0.129. The molecule has 1 aliphatic heterocycles. The quantitative estimate of drug-likeness (QED) is 0.210. The van der Waals surface area contributed by atoms with Crippen LogP contribution in [0.25, 0.3) is 0 Å². The number of carbonyl (C=O) groups excluding carboxylic acids is 1. The number of amides is 1. The number of amidine groups is 1. The third-order valence-corrected chi connectivity index (χ3v) is 3.46. The van der Waals surface area contributed by atoms with E-state index in [0.717, 1.165) is 32.4 Å². The molecule has 4 N–H and O–H groups in total. The number of carbonyl (C=O) groups is 1. The van der Waals surface area contributed by atoms with Crippen LogP contribution >= 0.6 is 0 Å². The third-order valence-electron chi connectivity index (χ3n) is 3.46. The van der Waals surface area contributed by atoms with Gasteiger partial charge < -0.3 is 21.2 Å². The van der Waals surface area contributed by atoms with Crippen molar-refractivity contribution in [1.82, 2.24) is 10.2 Å². The van der Waals surface area contributed by atoms with Gasteiger partial charge in [0.15, 0.2) is 0 Å². The molecule has 0 aliphatic carbocycles. The molecule has 1 amide bonds. The van der Waals surface area contributed by atoms with E-state index in [-0.39, 0.29) is 17.2 Å². The molecule has 6 nitrogen and oxygen atoms in total. The first-order valence-corrected chi connectivity index (χ1v) is 6.44. The van der Waals surface area contributed by atoms with Gasteiger partial charge in [-0.25, -0.2) is 0 Å². The van der Waals surface area contributed by atoms with E-state index in [0.29, 0.717) is 13.1 Å². The summed E-state index contributed by atoms with van der Waals surface area (Å²) < 4.78 is 0. The molecule has 0 saturated carbocycles. The van der Waals surface area contributed by atoms with Crippen LogP contribution in [0, 0.1) is 5.41 Å². The standard InChI is InChI=1S/C12H24N4O2/c1-12(2,11(13)15-18)5-6-14-9-10(17)16-7-3-4-8-16/h14,18H,3-9H2,1-2H3,(H2,13,15). The summed E-state index contributed by atoms with van der Waals surface area (Å²) in [5.74, 6) is 0.379. The molecule has 1 heterocycles. The lowest BCUT2D eigenvalue weighted by atomic mass is 9.88. The normalized spacial score (nSPS) is 17.2. The van der Waals surface area contributed by atoms with E-state index in [1.54, 1.807) is 0 Å². The summed E-state index contributed by atoms with van der Waals surface area (Å²) >= 11 is 0. The maximum absolute atomic E-state index is 11.7. The molecule has 0 aromatic carbocycles. The number of oxime groups is 1. The fourth-order valence-corrected chi connectivity index (χ4v) is 1.94. The zero-order chi connectivity index (χ0) is 13.6. The van der Waals surface area contributed by atoms with Gasteiger partial charge in [0.05, 0.1) is 6.54 Å². The minimum atomic E-state index is -0.363. The highest BCUT2D eigenvalue weighted by Crippen LogP contribution is 2.19. The molecule has 0 radical (unpaired) electrons. The Morgan fingerprint density at radius 3 is 2.61 bits per heavy atom. The number of nitrogens with two attached hydrogens (primary N) is 1. The molecule has 18 heavy (non-hydrogen) atoms. The number of hydrogen-bond acceptors (Lipinski definition) is 4. The number of nitrogens with zero attached hydrogens (tertiary/aromatic N) is 2. The number of hydrogen-bond donors (Lipinski definition) is 3. The second-order valence-corrected chi connectivity index (χ2v) is 5.38. The van der Waals surface area contributed by atoms with Crippen LogP contribution in [0.3, 0.4) is 0 Å². The molecule has 104 valence electrons. The van der Waals surface area contributed by atoms with Gasteiger partial charge in [-0.1, -0.05) is 19.0 Å². The number of nitrogens with one attached hydrogen (secondary N) is 1. The summed E-state index contributed by atoms with van der Waals surface area (Å²) in [5.41, 5.74) is 5.23. The maximum Gasteiger partial charge on any atom is 0.236 e. The Morgan fingerprint density at radius 2 is 2.06 bits per heavy atom. The predicted octanol–water partition coefficient (Wildman–Crippen LogP) is 0.361. The largest absolute Gasteiger partial charge is 0.409 e. The van der Waals surface area contributed by atoms with Gasteiger partial charge in [0.1, 0.15) is 5.84 Å². The molecule has 1 aliphatic rings. The van der Waals surface area contributed by atoms with Gasteiger partial charge in [-0.3, -0.25) is 4.79 Å². The smallest absolute Gasteiger partial charge is 0.236 e. The van der Waals surface area contributed by atoms with Crippen LogP contribution in [0.1, 0.15) is 33.1 Å². The van der Waals surface area contributed by atoms with Gasteiger partial charge in [0.25, 0.3) is 0 Å². The fraction of sp³-hybridized carbons (Fsp3) is 0.833. The molecule has 0 aromatic heterocycles. The molecular formula is C12H24N4O2. The summed E-state index contributed by atoms with van der Waals surface area (Å²) in [6.45, 7) is 6.62. The first kappa shape index (κ1) is 14.8. The van der Waals surface area contributed by atoms with E-state index < -0.39 is 0 Å². The summed E-state index contributed by atoms with van der Waals surface area (Å²) in [5, 5.41) is 14.8. The van der Waals surface area contributed by atoms with E-state index in [1.165, 1.54) is 0 Å². The average molecular weight is 256 g/mol.